The first-order valence-electron chi connectivity index (χ1n) is 7.16. The Bertz CT molecular complexity index is 730. The van der Waals surface area contributed by atoms with Crippen molar-refractivity contribution in [3.63, 3.8) is 0 Å². The Morgan fingerprint density at radius 2 is 2.05 bits per heavy atom. The van der Waals surface area contributed by atoms with Gasteiger partial charge >= 0.3 is 11.9 Å². The fourth-order valence-electron chi connectivity index (χ4n) is 3.20. The Labute approximate surface area is 127 Å². The third-order valence-electron chi connectivity index (χ3n) is 4.30. The number of carbonyl (C=O) groups excluding carboxylic acids is 2. The quantitative estimate of drug-likeness (QED) is 0.476. The molecule has 112 valence electrons. The molecule has 0 aromatic heterocycles. The Hall–Kier alpha value is -2.56. The highest BCUT2D eigenvalue weighted by Gasteiger charge is 2.46. The standard InChI is InChI=1S/C17H14O5/c1-9-6-14(18)21-17(9)20-8-13-12-7-10-4-2-3-5-11(10)15(12)22-16(13)19/h2-6,8,12,15,17H,7H2,1H3/b13-8+/t12-,15-,17?/m1/s1. The highest BCUT2D eigenvalue weighted by atomic mass is 16.7. The Balaban J connectivity index is 1.56. The Morgan fingerprint density at radius 3 is 2.82 bits per heavy atom. The monoisotopic (exact) mass is 298 g/mol. The van der Waals surface area contributed by atoms with Gasteiger partial charge in [-0.05, 0) is 24.5 Å². The summed E-state index contributed by atoms with van der Waals surface area (Å²) in [6, 6.07) is 7.96. The topological polar surface area (TPSA) is 61.8 Å². The molecule has 0 saturated carbocycles. The molecule has 1 aliphatic carbocycles. The van der Waals surface area contributed by atoms with Crippen LogP contribution >= 0.6 is 0 Å². The lowest BCUT2D eigenvalue weighted by molar-refractivity contribution is -0.152. The molecule has 1 aromatic rings. The summed E-state index contributed by atoms with van der Waals surface area (Å²) in [5, 5.41) is 0. The molecule has 3 aliphatic rings. The lowest BCUT2D eigenvalue weighted by Gasteiger charge is -2.12. The second-order valence-electron chi connectivity index (χ2n) is 5.70. The maximum atomic E-state index is 12.1. The molecule has 5 heteroatoms. The molecule has 1 saturated heterocycles. The maximum absolute atomic E-state index is 12.1. The van der Waals surface area contributed by atoms with Crippen molar-refractivity contribution in [1.29, 1.82) is 0 Å². The predicted octanol–water partition coefficient (Wildman–Crippen LogP) is 2.19. The van der Waals surface area contributed by atoms with Gasteiger partial charge in [-0.25, -0.2) is 9.59 Å². The molecule has 3 atom stereocenters. The molecule has 5 nitrogen and oxygen atoms in total. The summed E-state index contributed by atoms with van der Waals surface area (Å²) in [6.45, 7) is 1.75. The zero-order chi connectivity index (χ0) is 15.3. The summed E-state index contributed by atoms with van der Waals surface area (Å²) in [4.78, 5) is 23.2. The van der Waals surface area contributed by atoms with E-state index in [-0.39, 0.29) is 18.0 Å². The van der Waals surface area contributed by atoms with Crippen LogP contribution in [0.25, 0.3) is 0 Å². The minimum Gasteiger partial charge on any atom is -0.458 e. The highest BCUT2D eigenvalue weighted by Crippen LogP contribution is 2.47. The molecule has 1 fully saturated rings. The van der Waals surface area contributed by atoms with Crippen LogP contribution in [0.15, 0.2) is 47.7 Å². The molecule has 2 heterocycles. The largest absolute Gasteiger partial charge is 0.458 e. The van der Waals surface area contributed by atoms with Crippen LogP contribution < -0.4 is 0 Å². The first-order valence-corrected chi connectivity index (χ1v) is 7.16. The lowest BCUT2D eigenvalue weighted by Crippen LogP contribution is -2.14. The molecule has 0 radical (unpaired) electrons. The van der Waals surface area contributed by atoms with Crippen LogP contribution in [-0.4, -0.2) is 18.2 Å². The average Bonchev–Trinajstić information content (AvgIpc) is 3.09. The molecular formula is C17H14O5. The summed E-state index contributed by atoms with van der Waals surface area (Å²) in [5.41, 5.74) is 3.43. The molecule has 1 aromatic carbocycles. The Kier molecular flexibility index (Phi) is 2.82. The summed E-state index contributed by atoms with van der Waals surface area (Å²) in [6.07, 6.45) is 2.53. The smallest absolute Gasteiger partial charge is 0.338 e. The first kappa shape index (κ1) is 13.1. The molecule has 0 N–H and O–H groups in total. The number of rotatable bonds is 2. The fraction of sp³-hybridized carbons (Fsp3) is 0.294. The molecule has 1 unspecified atom stereocenters. The molecule has 22 heavy (non-hydrogen) atoms. The molecule has 0 bridgehead atoms. The lowest BCUT2D eigenvalue weighted by atomic mass is 9.98. The maximum Gasteiger partial charge on any atom is 0.338 e. The van der Waals surface area contributed by atoms with Crippen LogP contribution in [0, 0.1) is 5.92 Å². The van der Waals surface area contributed by atoms with Gasteiger partial charge in [0.15, 0.2) is 0 Å². The number of hydrogen-bond donors (Lipinski definition) is 0. The van der Waals surface area contributed by atoms with E-state index in [4.69, 9.17) is 14.2 Å². The van der Waals surface area contributed by atoms with Crippen molar-refractivity contribution in [2.45, 2.75) is 25.7 Å². The molecule has 0 amide bonds. The van der Waals surface area contributed by atoms with Gasteiger partial charge in [0.05, 0.1) is 11.8 Å². The molecule has 0 spiro atoms. The van der Waals surface area contributed by atoms with Crippen molar-refractivity contribution in [1.82, 2.24) is 0 Å². The minimum atomic E-state index is -0.754. The summed E-state index contributed by atoms with van der Waals surface area (Å²) in [7, 11) is 0. The van der Waals surface area contributed by atoms with Gasteiger partial charge < -0.3 is 14.2 Å². The summed E-state index contributed by atoms with van der Waals surface area (Å²) in [5.74, 6) is -0.831. The van der Waals surface area contributed by atoms with Crippen LogP contribution in [0.2, 0.25) is 0 Å². The third-order valence-corrected chi connectivity index (χ3v) is 4.30. The molecule has 2 aliphatic heterocycles. The van der Waals surface area contributed by atoms with Gasteiger partial charge in [-0.2, -0.15) is 0 Å². The van der Waals surface area contributed by atoms with Crippen molar-refractivity contribution < 1.29 is 23.8 Å². The van der Waals surface area contributed by atoms with E-state index in [1.54, 1.807) is 6.92 Å². The average molecular weight is 298 g/mol. The van der Waals surface area contributed by atoms with Gasteiger partial charge in [0.2, 0.25) is 0 Å². The third kappa shape index (κ3) is 1.93. The van der Waals surface area contributed by atoms with Crippen molar-refractivity contribution >= 4 is 11.9 Å². The van der Waals surface area contributed by atoms with E-state index in [0.29, 0.717) is 11.1 Å². The SMILES string of the molecule is CC1=CC(=O)OC1O/C=C1/C(=O)O[C@@H]2c3ccccc3C[C@H]12. The van der Waals surface area contributed by atoms with E-state index in [1.165, 1.54) is 17.9 Å². The number of esters is 2. The van der Waals surface area contributed by atoms with Gasteiger partial charge in [0, 0.05) is 17.6 Å². The van der Waals surface area contributed by atoms with Gasteiger partial charge in [0.25, 0.3) is 6.29 Å². The Morgan fingerprint density at radius 1 is 1.23 bits per heavy atom. The van der Waals surface area contributed by atoms with Crippen LogP contribution in [0.1, 0.15) is 24.2 Å². The van der Waals surface area contributed by atoms with Gasteiger partial charge in [-0.3, -0.25) is 0 Å². The van der Waals surface area contributed by atoms with Crippen LogP contribution in [0.3, 0.4) is 0 Å². The predicted molar refractivity (Wildman–Crippen MR) is 75.3 cm³/mol. The summed E-state index contributed by atoms with van der Waals surface area (Å²) < 4.78 is 15.9. The second-order valence-corrected chi connectivity index (χ2v) is 5.70. The number of carbonyl (C=O) groups is 2. The van der Waals surface area contributed by atoms with E-state index in [0.717, 1.165) is 12.0 Å². The van der Waals surface area contributed by atoms with E-state index in [9.17, 15) is 9.59 Å². The fourth-order valence-corrected chi connectivity index (χ4v) is 3.20. The zero-order valence-electron chi connectivity index (χ0n) is 11.9. The van der Waals surface area contributed by atoms with E-state index < -0.39 is 12.3 Å². The van der Waals surface area contributed by atoms with Crippen LogP contribution in [0.5, 0.6) is 0 Å². The van der Waals surface area contributed by atoms with Crippen molar-refractivity contribution in [3.8, 4) is 0 Å². The zero-order valence-corrected chi connectivity index (χ0v) is 11.9. The molecule has 4 rings (SSSR count). The second kappa shape index (κ2) is 4.73. The number of cyclic esters (lactones) is 1. The van der Waals surface area contributed by atoms with Crippen molar-refractivity contribution in [2.75, 3.05) is 0 Å². The van der Waals surface area contributed by atoms with Crippen LogP contribution in [0.4, 0.5) is 0 Å². The van der Waals surface area contributed by atoms with Gasteiger partial charge in [0.1, 0.15) is 6.10 Å². The normalized spacial score (nSPS) is 30.7. The van der Waals surface area contributed by atoms with Gasteiger partial charge in [-0.15, -0.1) is 0 Å². The highest BCUT2D eigenvalue weighted by molar-refractivity contribution is 5.92. The number of fused-ring (bicyclic) bond motifs is 3. The van der Waals surface area contributed by atoms with Crippen molar-refractivity contribution in [2.24, 2.45) is 5.92 Å². The van der Waals surface area contributed by atoms with Gasteiger partial charge in [-0.1, -0.05) is 24.3 Å². The number of hydrogen-bond acceptors (Lipinski definition) is 5. The van der Waals surface area contributed by atoms with E-state index >= 15 is 0 Å². The van der Waals surface area contributed by atoms with E-state index in [2.05, 4.69) is 0 Å². The number of benzene rings is 1. The van der Waals surface area contributed by atoms with E-state index in [1.807, 2.05) is 24.3 Å². The van der Waals surface area contributed by atoms with Crippen LogP contribution in [-0.2, 0) is 30.2 Å². The summed E-state index contributed by atoms with van der Waals surface area (Å²) >= 11 is 0. The molecular weight excluding hydrogens is 284 g/mol. The first-order chi connectivity index (χ1) is 10.6. The minimum absolute atomic E-state index is 0.0358. The van der Waals surface area contributed by atoms with Crippen molar-refractivity contribution in [3.05, 3.63) is 58.9 Å². The number of ether oxygens (including phenoxy) is 3.